The van der Waals surface area contributed by atoms with Crippen molar-refractivity contribution in [1.82, 2.24) is 0 Å². The van der Waals surface area contributed by atoms with Crippen molar-refractivity contribution in [2.24, 2.45) is 0 Å². The second kappa shape index (κ2) is 6.12. The van der Waals surface area contributed by atoms with Gasteiger partial charge in [0, 0.05) is 26.7 Å². The summed E-state index contributed by atoms with van der Waals surface area (Å²) in [5.74, 6) is -19.2. The van der Waals surface area contributed by atoms with E-state index in [1.165, 1.54) is 0 Å². The maximum Gasteiger partial charge on any atom is 0.460 e. The van der Waals surface area contributed by atoms with Crippen LogP contribution in [0.5, 0.6) is 0 Å². The molecule has 0 aromatic carbocycles. The Labute approximate surface area is 119 Å². The Hall–Kier alpha value is -0.203. The van der Waals surface area contributed by atoms with Crippen LogP contribution in [0.2, 0.25) is 6.04 Å². The molecule has 21 heavy (non-hydrogen) atoms. The molecule has 0 aliphatic rings. The van der Waals surface area contributed by atoms with Gasteiger partial charge in [-0.1, -0.05) is 11.1 Å². The molecule has 0 spiro atoms. The molecule has 0 radical (unpaired) electrons. The smallest absolute Gasteiger partial charge is 0.386 e. The summed E-state index contributed by atoms with van der Waals surface area (Å²) in [5.41, 5.74) is 0. The largest absolute Gasteiger partial charge is 0.460 e. The van der Waals surface area contributed by atoms with Crippen LogP contribution in [0.4, 0.5) is 39.5 Å². The zero-order chi connectivity index (χ0) is 17.3. The number of alkyl halides is 9. The topological polar surface area (TPSA) is 18.5 Å². The van der Waals surface area contributed by atoms with Crippen molar-refractivity contribution in [2.45, 2.75) is 36.4 Å². The molecule has 0 aromatic rings. The monoisotopic (exact) mass is 372 g/mol. The van der Waals surface area contributed by atoms with Crippen molar-refractivity contribution in [3.63, 3.8) is 0 Å². The van der Waals surface area contributed by atoms with Crippen LogP contribution in [-0.2, 0) is 8.85 Å². The first-order chi connectivity index (χ1) is 9.08. The van der Waals surface area contributed by atoms with Gasteiger partial charge in [0.25, 0.3) is 0 Å². The first-order valence-corrected chi connectivity index (χ1v) is 8.11. The van der Waals surface area contributed by atoms with E-state index in [2.05, 4.69) is 8.85 Å². The first kappa shape index (κ1) is 20.8. The molecule has 0 saturated carbocycles. The van der Waals surface area contributed by atoms with Gasteiger partial charge in [0.2, 0.25) is 0 Å². The van der Waals surface area contributed by atoms with Gasteiger partial charge in [0.1, 0.15) is 0 Å². The average Bonchev–Trinajstić information content (AvgIpc) is 2.34. The van der Waals surface area contributed by atoms with E-state index in [0.717, 1.165) is 14.2 Å². The van der Waals surface area contributed by atoms with Crippen molar-refractivity contribution < 1.29 is 48.4 Å². The molecule has 0 unspecified atom stereocenters. The third-order valence-corrected chi connectivity index (χ3v) is 6.12. The zero-order valence-corrected chi connectivity index (χ0v) is 12.3. The third-order valence-electron chi connectivity index (χ3n) is 2.56. The van der Waals surface area contributed by atoms with Crippen molar-refractivity contribution in [2.75, 3.05) is 14.2 Å². The van der Waals surface area contributed by atoms with Gasteiger partial charge in [0.15, 0.2) is 0 Å². The lowest BCUT2D eigenvalue weighted by Crippen LogP contribution is -2.61. The summed E-state index contributed by atoms with van der Waals surface area (Å²) in [6.45, 7) is 0. The molecule has 0 atom stereocenters. The molecular formula is C8H10ClF9O2Si. The van der Waals surface area contributed by atoms with Crippen molar-refractivity contribution in [3.05, 3.63) is 0 Å². The Morgan fingerprint density at radius 2 is 1.19 bits per heavy atom. The van der Waals surface area contributed by atoms with E-state index in [0.29, 0.717) is 0 Å². The van der Waals surface area contributed by atoms with Gasteiger partial charge in [-0.15, -0.1) is 0 Å². The molecule has 0 aliphatic carbocycles. The quantitative estimate of drug-likeness (QED) is 0.376. The first-order valence-electron chi connectivity index (χ1n) is 5.07. The maximum atomic E-state index is 13.2. The average molecular weight is 373 g/mol. The fraction of sp³-hybridized carbons (Fsp3) is 1.00. The van der Waals surface area contributed by atoms with Gasteiger partial charge < -0.3 is 8.85 Å². The predicted molar refractivity (Wildman–Crippen MR) is 55.9 cm³/mol. The molecule has 0 bridgehead atoms. The normalized spacial score (nSPS) is 15.4. The summed E-state index contributed by atoms with van der Waals surface area (Å²) in [7, 11) is -2.07. The van der Waals surface area contributed by atoms with Gasteiger partial charge in [-0.2, -0.15) is 39.5 Å². The van der Waals surface area contributed by atoms with Crippen LogP contribution in [0.25, 0.3) is 0 Å². The molecule has 0 fully saturated rings. The predicted octanol–water partition coefficient (Wildman–Crippen LogP) is 4.32. The van der Waals surface area contributed by atoms with E-state index in [9.17, 15) is 39.5 Å². The minimum atomic E-state index is -6.90. The fourth-order valence-electron chi connectivity index (χ4n) is 1.16. The zero-order valence-electron chi connectivity index (χ0n) is 10.5. The standard InChI is InChI=1S/C8H10ClF9O2Si/c1-19-21(9,20-2)4-3-5(10,11)6(12,13)7(14,15)8(16,17)18/h3-4H2,1-2H3. The Balaban J connectivity index is 5.31. The van der Waals surface area contributed by atoms with Gasteiger partial charge >= 0.3 is 31.8 Å². The van der Waals surface area contributed by atoms with E-state index >= 15 is 0 Å². The molecule has 0 N–H and O–H groups in total. The Morgan fingerprint density at radius 3 is 1.48 bits per heavy atom. The minimum Gasteiger partial charge on any atom is -0.386 e. The van der Waals surface area contributed by atoms with Crippen LogP contribution in [-0.4, -0.2) is 46.0 Å². The molecule has 0 aliphatic heterocycles. The molecule has 0 amide bonds. The molecule has 2 nitrogen and oxygen atoms in total. The second-order valence-electron chi connectivity index (χ2n) is 3.92. The fourth-order valence-corrected chi connectivity index (χ4v) is 2.63. The van der Waals surface area contributed by atoms with Gasteiger partial charge in [0.05, 0.1) is 0 Å². The summed E-state index contributed by atoms with van der Waals surface area (Å²) < 4.78 is 122. The van der Waals surface area contributed by atoms with Crippen LogP contribution in [0.15, 0.2) is 0 Å². The van der Waals surface area contributed by atoms with Crippen molar-refractivity contribution in [3.8, 4) is 0 Å². The van der Waals surface area contributed by atoms with Crippen molar-refractivity contribution >= 4 is 18.9 Å². The number of halogens is 10. The summed E-state index contributed by atoms with van der Waals surface area (Å²) in [6.07, 6.45) is -8.90. The van der Waals surface area contributed by atoms with Gasteiger partial charge in [-0.25, -0.2) is 0 Å². The summed E-state index contributed by atoms with van der Waals surface area (Å²) in [5, 5.41) is 0. The summed E-state index contributed by atoms with van der Waals surface area (Å²) in [6, 6.07) is -1.13. The van der Waals surface area contributed by atoms with E-state index < -0.39 is 44.3 Å². The van der Waals surface area contributed by atoms with E-state index in [1.807, 2.05) is 0 Å². The van der Waals surface area contributed by atoms with Crippen LogP contribution in [0.1, 0.15) is 6.42 Å². The third kappa shape index (κ3) is 3.96. The van der Waals surface area contributed by atoms with E-state index in [1.54, 1.807) is 0 Å². The van der Waals surface area contributed by atoms with Gasteiger partial charge in [-0.3, -0.25) is 0 Å². The highest BCUT2D eigenvalue weighted by molar-refractivity contribution is 7.12. The Bertz CT molecular complexity index is 356. The number of hydrogen-bond donors (Lipinski definition) is 0. The SMILES string of the molecule is CO[Si](Cl)(CCC(F)(F)C(F)(F)C(F)(F)C(F)(F)F)OC. The van der Waals surface area contributed by atoms with Crippen LogP contribution >= 0.6 is 11.1 Å². The van der Waals surface area contributed by atoms with Crippen LogP contribution in [0.3, 0.4) is 0 Å². The summed E-state index contributed by atoms with van der Waals surface area (Å²) >= 11 is 5.47. The van der Waals surface area contributed by atoms with Crippen LogP contribution < -0.4 is 0 Å². The molecule has 0 saturated heterocycles. The van der Waals surface area contributed by atoms with Crippen molar-refractivity contribution in [1.29, 1.82) is 0 Å². The van der Waals surface area contributed by atoms with E-state index in [-0.39, 0.29) is 0 Å². The van der Waals surface area contributed by atoms with E-state index in [4.69, 9.17) is 11.1 Å². The lowest BCUT2D eigenvalue weighted by molar-refractivity contribution is -0.396. The molecule has 13 heteroatoms. The molecule has 128 valence electrons. The highest BCUT2D eigenvalue weighted by Gasteiger charge is 2.81. The summed E-state index contributed by atoms with van der Waals surface area (Å²) in [4.78, 5) is 0. The highest BCUT2D eigenvalue weighted by atomic mass is 35.6. The minimum absolute atomic E-state index is 0.892. The highest BCUT2D eigenvalue weighted by Crippen LogP contribution is 2.54. The van der Waals surface area contributed by atoms with Crippen LogP contribution in [0, 0.1) is 0 Å². The molecular weight excluding hydrogens is 363 g/mol. The maximum absolute atomic E-state index is 13.2. The Kier molecular flexibility index (Phi) is 6.06. The molecule has 0 heterocycles. The second-order valence-corrected chi connectivity index (χ2v) is 8.28. The Morgan fingerprint density at radius 1 is 0.810 bits per heavy atom. The number of hydrogen-bond acceptors (Lipinski definition) is 2. The lowest BCUT2D eigenvalue weighted by Gasteiger charge is -2.34. The number of rotatable bonds is 7. The molecule has 0 aromatic heterocycles. The molecule has 0 rings (SSSR count). The lowest BCUT2D eigenvalue weighted by atomic mass is 10.0. The van der Waals surface area contributed by atoms with Gasteiger partial charge in [-0.05, 0) is 0 Å².